The predicted octanol–water partition coefficient (Wildman–Crippen LogP) is 4.16. The Kier molecular flexibility index (Phi) is 4.62. The summed E-state index contributed by atoms with van der Waals surface area (Å²) in [5.41, 5.74) is 8.85. The molecule has 4 rings (SSSR count). The highest BCUT2D eigenvalue weighted by Gasteiger charge is 2.16. The summed E-state index contributed by atoms with van der Waals surface area (Å²) in [5.74, 6) is 0.741. The molecule has 2 aromatic heterocycles. The van der Waals surface area contributed by atoms with Crippen molar-refractivity contribution in [2.75, 3.05) is 0 Å². The van der Waals surface area contributed by atoms with Crippen molar-refractivity contribution in [1.29, 1.82) is 0 Å². The lowest BCUT2D eigenvalue weighted by Crippen LogP contribution is -2.12. The van der Waals surface area contributed by atoms with Crippen molar-refractivity contribution < 1.29 is 4.98 Å². The van der Waals surface area contributed by atoms with Crippen LogP contribution < -0.4 is 10.7 Å². The summed E-state index contributed by atoms with van der Waals surface area (Å²) >= 11 is 1.58. The third-order valence-corrected chi connectivity index (χ3v) is 4.99. The highest BCUT2D eigenvalue weighted by molar-refractivity contribution is 8.08. The molecule has 4 nitrogen and oxygen atoms in total. The second-order valence-electron chi connectivity index (χ2n) is 5.68. The number of nitrogens with zero attached hydrogens (tertiary/aromatic N) is 2. The molecule has 4 aromatic rings. The highest BCUT2D eigenvalue weighted by atomic mass is 32.2. The van der Waals surface area contributed by atoms with Gasteiger partial charge in [-0.05, 0) is 29.2 Å². The van der Waals surface area contributed by atoms with Gasteiger partial charge in [-0.25, -0.2) is 4.98 Å². The summed E-state index contributed by atoms with van der Waals surface area (Å²) in [7, 11) is 0. The number of rotatable bonds is 4. The lowest BCUT2D eigenvalue weighted by Gasteiger charge is -2.04. The van der Waals surface area contributed by atoms with Gasteiger partial charge in [0.05, 0.1) is 11.7 Å². The number of benzene rings is 2. The molecule has 0 unspecified atom stereocenters. The molecule has 0 spiro atoms. The molecule has 0 radical (unpaired) electrons. The van der Waals surface area contributed by atoms with E-state index in [4.69, 9.17) is 10.7 Å². The lowest BCUT2D eigenvalue weighted by atomic mass is 10.1. The number of pyridine rings is 1. The summed E-state index contributed by atoms with van der Waals surface area (Å²) in [5, 5.41) is 1.10. The van der Waals surface area contributed by atoms with Gasteiger partial charge in [0.1, 0.15) is 4.91 Å². The molecule has 0 saturated heterocycles. The van der Waals surface area contributed by atoms with Gasteiger partial charge in [-0.3, -0.25) is 4.98 Å². The standard InChI is InChI=1S/C21H16N4S/c22-14-20(26-17-8-9-18-16(13-17)7-4-11-23-18)21-24-12-10-19(25-21)15-5-2-1-3-6-15/h1-14H,22H2/p+1. The van der Waals surface area contributed by atoms with Crippen molar-refractivity contribution in [3.63, 3.8) is 0 Å². The number of thioether (sulfide) groups is 1. The Morgan fingerprint density at radius 1 is 1.00 bits per heavy atom. The second-order valence-corrected chi connectivity index (χ2v) is 6.80. The number of hydrogen-bond donors (Lipinski definition) is 1. The van der Waals surface area contributed by atoms with E-state index in [1.165, 1.54) is 0 Å². The van der Waals surface area contributed by atoms with Gasteiger partial charge >= 0.3 is 5.82 Å². The van der Waals surface area contributed by atoms with Gasteiger partial charge in [-0.1, -0.05) is 48.2 Å². The molecule has 0 amide bonds. The van der Waals surface area contributed by atoms with Crippen LogP contribution in [0.2, 0.25) is 0 Å². The molecule has 0 fully saturated rings. The molecular formula is C21H17N4S+. The molecule has 5 heteroatoms. The number of hydrogen-bond acceptors (Lipinski definition) is 4. The van der Waals surface area contributed by atoms with Crippen molar-refractivity contribution in [3.8, 4) is 11.3 Å². The molecule has 0 aliphatic carbocycles. The average molecular weight is 357 g/mol. The third-order valence-electron chi connectivity index (χ3n) is 3.95. The van der Waals surface area contributed by atoms with Crippen LogP contribution in [-0.4, -0.2) is 9.97 Å². The Labute approximate surface area is 155 Å². The van der Waals surface area contributed by atoms with E-state index in [2.05, 4.69) is 22.1 Å². The molecule has 26 heavy (non-hydrogen) atoms. The van der Waals surface area contributed by atoms with Gasteiger partial charge in [0, 0.05) is 34.3 Å². The first-order valence-electron chi connectivity index (χ1n) is 8.22. The summed E-state index contributed by atoms with van der Waals surface area (Å²) in [4.78, 5) is 14.2. The fraction of sp³-hybridized carbons (Fsp3) is 0. The first-order chi connectivity index (χ1) is 12.8. The van der Waals surface area contributed by atoms with Gasteiger partial charge in [0.15, 0.2) is 5.69 Å². The SMILES string of the molecule is NC=C(Sc1ccc2ncccc2c1)c1nc(-c2ccccc2)cc[nH+]1. The predicted molar refractivity (Wildman–Crippen MR) is 106 cm³/mol. The fourth-order valence-corrected chi connectivity index (χ4v) is 3.54. The number of aromatic amines is 1. The lowest BCUT2D eigenvalue weighted by molar-refractivity contribution is -0.385. The quantitative estimate of drug-likeness (QED) is 0.557. The van der Waals surface area contributed by atoms with E-state index >= 15 is 0 Å². The van der Waals surface area contributed by atoms with Gasteiger partial charge in [0.25, 0.3) is 0 Å². The average Bonchev–Trinajstić information content (AvgIpc) is 2.72. The van der Waals surface area contributed by atoms with Crippen LogP contribution in [0.25, 0.3) is 27.1 Å². The highest BCUT2D eigenvalue weighted by Crippen LogP contribution is 2.33. The molecule has 126 valence electrons. The molecule has 0 aliphatic rings. The maximum absolute atomic E-state index is 5.90. The van der Waals surface area contributed by atoms with Crippen molar-refractivity contribution in [1.82, 2.24) is 9.97 Å². The Morgan fingerprint density at radius 2 is 1.88 bits per heavy atom. The van der Waals surface area contributed by atoms with Gasteiger partial charge in [0.2, 0.25) is 0 Å². The summed E-state index contributed by atoms with van der Waals surface area (Å²) in [6.07, 6.45) is 5.28. The summed E-state index contributed by atoms with van der Waals surface area (Å²) in [6, 6.07) is 22.2. The van der Waals surface area contributed by atoms with Gasteiger partial charge in [-0.2, -0.15) is 0 Å². The van der Waals surface area contributed by atoms with Gasteiger partial charge < -0.3 is 5.73 Å². The van der Waals surface area contributed by atoms with Crippen LogP contribution in [0.5, 0.6) is 0 Å². The van der Waals surface area contributed by atoms with Crippen LogP contribution in [0, 0.1) is 0 Å². The van der Waals surface area contributed by atoms with E-state index in [1.54, 1.807) is 24.2 Å². The smallest absolute Gasteiger partial charge is 0.336 e. The molecule has 0 bridgehead atoms. The van der Waals surface area contributed by atoms with E-state index in [-0.39, 0.29) is 0 Å². The number of nitrogens with two attached hydrogens (primary N) is 1. The van der Waals surface area contributed by atoms with Crippen LogP contribution in [0.1, 0.15) is 5.82 Å². The fourth-order valence-electron chi connectivity index (χ4n) is 2.69. The maximum Gasteiger partial charge on any atom is 0.336 e. The minimum absolute atomic E-state index is 0.741. The first kappa shape index (κ1) is 16.3. The van der Waals surface area contributed by atoms with E-state index in [1.807, 2.05) is 60.8 Å². The number of H-pyrrole nitrogens is 1. The van der Waals surface area contributed by atoms with Crippen molar-refractivity contribution in [2.45, 2.75) is 4.90 Å². The maximum atomic E-state index is 5.90. The normalized spacial score (nSPS) is 11.6. The van der Waals surface area contributed by atoms with Crippen LogP contribution in [0.15, 0.2) is 90.2 Å². The van der Waals surface area contributed by atoms with Crippen LogP contribution in [0.4, 0.5) is 0 Å². The Bertz CT molecular complexity index is 1080. The van der Waals surface area contributed by atoms with Crippen molar-refractivity contribution in [3.05, 3.63) is 91.1 Å². The third kappa shape index (κ3) is 3.43. The zero-order valence-corrected chi connectivity index (χ0v) is 14.8. The summed E-state index contributed by atoms with van der Waals surface area (Å²) in [6.45, 7) is 0. The number of fused-ring (bicyclic) bond motifs is 1. The first-order valence-corrected chi connectivity index (χ1v) is 9.04. The van der Waals surface area contributed by atoms with E-state index in [9.17, 15) is 0 Å². The van der Waals surface area contributed by atoms with Crippen LogP contribution in [-0.2, 0) is 0 Å². The summed E-state index contributed by atoms with van der Waals surface area (Å²) < 4.78 is 0. The molecule has 2 heterocycles. The Balaban J connectivity index is 1.65. The van der Waals surface area contributed by atoms with Crippen LogP contribution >= 0.6 is 11.8 Å². The Morgan fingerprint density at radius 3 is 2.73 bits per heavy atom. The molecule has 0 aliphatic heterocycles. The van der Waals surface area contributed by atoms with Crippen molar-refractivity contribution >= 4 is 27.6 Å². The molecular weight excluding hydrogens is 340 g/mol. The van der Waals surface area contributed by atoms with E-state index < -0.39 is 0 Å². The zero-order chi connectivity index (χ0) is 17.8. The van der Waals surface area contributed by atoms with Gasteiger partial charge in [-0.15, -0.1) is 0 Å². The van der Waals surface area contributed by atoms with Crippen LogP contribution in [0.3, 0.4) is 0 Å². The molecule has 0 atom stereocenters. The zero-order valence-electron chi connectivity index (χ0n) is 14.0. The largest absolute Gasteiger partial charge is 0.403 e. The second kappa shape index (κ2) is 7.37. The number of aromatic nitrogens is 3. The number of nitrogens with one attached hydrogen (secondary N) is 1. The molecule has 0 saturated carbocycles. The van der Waals surface area contributed by atoms with Crippen molar-refractivity contribution in [2.24, 2.45) is 5.73 Å². The van der Waals surface area contributed by atoms with E-state index in [0.29, 0.717) is 0 Å². The van der Waals surface area contributed by atoms with E-state index in [0.717, 1.165) is 37.8 Å². The topological polar surface area (TPSA) is 65.9 Å². The molecule has 2 aromatic carbocycles. The minimum Gasteiger partial charge on any atom is -0.403 e. The Hall–Kier alpha value is -3.18. The monoisotopic (exact) mass is 357 g/mol. The minimum atomic E-state index is 0.741. The molecule has 3 N–H and O–H groups in total.